The molecule has 32 heavy (non-hydrogen) atoms. The smallest absolute Gasteiger partial charge is 0.406 e. The fraction of sp³-hybridized carbons (Fsp3) is 0.381. The van der Waals surface area contributed by atoms with Crippen molar-refractivity contribution >= 4 is 21.6 Å². The van der Waals surface area contributed by atoms with Gasteiger partial charge in [-0.25, -0.2) is 8.42 Å². The number of hydrogen-bond donors (Lipinski definition) is 1. The van der Waals surface area contributed by atoms with Crippen LogP contribution in [0.3, 0.4) is 0 Å². The summed E-state index contributed by atoms with van der Waals surface area (Å²) in [6, 6.07) is 11.0. The molecule has 174 valence electrons. The highest BCUT2D eigenvalue weighted by atomic mass is 32.2. The Balaban J connectivity index is 1.62. The summed E-state index contributed by atoms with van der Waals surface area (Å²) in [7, 11) is -3.68. The molecule has 0 spiro atoms. The molecule has 0 radical (unpaired) electrons. The molecule has 11 heteroatoms. The Morgan fingerprint density at radius 1 is 1.06 bits per heavy atom. The van der Waals surface area contributed by atoms with Crippen LogP contribution < -0.4 is 10.1 Å². The Hall–Kier alpha value is -2.63. The maximum absolute atomic E-state index is 12.9. The molecule has 1 aliphatic rings. The summed E-state index contributed by atoms with van der Waals surface area (Å²) in [4.78, 5) is 14.6. The monoisotopic (exact) mass is 471 g/mol. The topological polar surface area (TPSA) is 79.0 Å². The number of rotatable bonds is 7. The van der Waals surface area contributed by atoms with Crippen LogP contribution in [-0.4, -0.2) is 62.6 Å². The number of benzene rings is 2. The largest absolute Gasteiger partial charge is 0.573 e. The number of sulfonamides is 1. The normalized spacial score (nSPS) is 16.0. The van der Waals surface area contributed by atoms with Gasteiger partial charge in [0.05, 0.1) is 11.3 Å². The minimum Gasteiger partial charge on any atom is -0.406 e. The number of amides is 1. The molecule has 1 saturated heterocycles. The van der Waals surface area contributed by atoms with Crippen molar-refractivity contribution < 1.29 is 31.1 Å². The van der Waals surface area contributed by atoms with Crippen LogP contribution >= 0.6 is 0 Å². The maximum Gasteiger partial charge on any atom is 0.573 e. The van der Waals surface area contributed by atoms with Gasteiger partial charge in [0.1, 0.15) is 5.75 Å². The van der Waals surface area contributed by atoms with E-state index >= 15 is 0 Å². The number of ether oxygens (including phenoxy) is 1. The van der Waals surface area contributed by atoms with E-state index in [9.17, 15) is 26.4 Å². The molecule has 1 amide bonds. The van der Waals surface area contributed by atoms with Gasteiger partial charge in [0.25, 0.3) is 0 Å². The minimum atomic E-state index is -4.78. The summed E-state index contributed by atoms with van der Waals surface area (Å²) in [5.41, 5.74) is 0.801. The van der Waals surface area contributed by atoms with Crippen molar-refractivity contribution in [3.63, 3.8) is 0 Å². The van der Waals surface area contributed by atoms with Gasteiger partial charge >= 0.3 is 6.36 Å². The van der Waals surface area contributed by atoms with E-state index in [1.165, 1.54) is 28.6 Å². The molecular weight excluding hydrogens is 447 g/mol. The number of alkyl halides is 3. The zero-order valence-corrected chi connectivity index (χ0v) is 18.2. The van der Waals surface area contributed by atoms with Crippen LogP contribution in [0, 0.1) is 0 Å². The maximum atomic E-state index is 12.9. The molecule has 3 rings (SSSR count). The van der Waals surface area contributed by atoms with Crippen LogP contribution in [-0.2, 0) is 21.2 Å². The third kappa shape index (κ3) is 6.44. The molecule has 2 aromatic carbocycles. The SMILES string of the molecule is CCN1CCN(S(=O)(=O)c2cccc(NC(=O)Cc3ccc(OC(F)(F)F)cc3)c2)CC1. The molecule has 1 heterocycles. The van der Waals surface area contributed by atoms with Crippen molar-refractivity contribution in [3.8, 4) is 5.75 Å². The zero-order chi connectivity index (χ0) is 23.4. The van der Waals surface area contributed by atoms with Gasteiger partial charge in [-0.2, -0.15) is 4.31 Å². The van der Waals surface area contributed by atoms with Crippen molar-refractivity contribution in [3.05, 3.63) is 54.1 Å². The molecular formula is C21H24F3N3O4S. The van der Waals surface area contributed by atoms with E-state index < -0.39 is 22.3 Å². The van der Waals surface area contributed by atoms with Crippen LogP contribution in [0.5, 0.6) is 5.75 Å². The lowest BCUT2D eigenvalue weighted by Crippen LogP contribution is -2.48. The lowest BCUT2D eigenvalue weighted by molar-refractivity contribution is -0.274. The third-order valence-corrected chi connectivity index (χ3v) is 6.95. The fourth-order valence-corrected chi connectivity index (χ4v) is 4.84. The Morgan fingerprint density at radius 2 is 1.72 bits per heavy atom. The molecule has 1 N–H and O–H groups in total. The van der Waals surface area contributed by atoms with Crippen LogP contribution in [0.4, 0.5) is 18.9 Å². The van der Waals surface area contributed by atoms with Crippen molar-refractivity contribution in [1.82, 2.24) is 9.21 Å². The van der Waals surface area contributed by atoms with Crippen LogP contribution in [0.15, 0.2) is 53.4 Å². The molecule has 0 aliphatic carbocycles. The second-order valence-electron chi connectivity index (χ2n) is 7.28. The summed E-state index contributed by atoms with van der Waals surface area (Å²) in [6.07, 6.45) is -4.88. The van der Waals surface area contributed by atoms with Crippen molar-refractivity contribution in [2.45, 2.75) is 24.6 Å². The van der Waals surface area contributed by atoms with Crippen LogP contribution in [0.1, 0.15) is 12.5 Å². The standard InChI is InChI=1S/C21H24F3N3O4S/c1-2-26-10-12-27(13-11-26)32(29,30)19-5-3-4-17(15-19)25-20(28)14-16-6-8-18(9-7-16)31-21(22,23)24/h3-9,15H,2,10-14H2,1H3,(H,25,28). The number of carbonyl (C=O) groups is 1. The van der Waals surface area contributed by atoms with Gasteiger partial charge in [-0.1, -0.05) is 25.1 Å². The molecule has 1 fully saturated rings. The third-order valence-electron chi connectivity index (χ3n) is 5.06. The van der Waals surface area contributed by atoms with Crippen molar-refractivity contribution in [2.24, 2.45) is 0 Å². The number of likely N-dealkylation sites (N-methyl/N-ethyl adjacent to an activating group) is 1. The van der Waals surface area contributed by atoms with Gasteiger partial charge in [-0.15, -0.1) is 13.2 Å². The first-order valence-corrected chi connectivity index (χ1v) is 11.5. The number of hydrogen-bond acceptors (Lipinski definition) is 5. The second-order valence-corrected chi connectivity index (χ2v) is 9.22. The van der Waals surface area contributed by atoms with E-state index in [1.807, 2.05) is 6.92 Å². The van der Waals surface area contributed by atoms with Gasteiger partial charge in [0.15, 0.2) is 0 Å². The molecule has 0 saturated carbocycles. The zero-order valence-electron chi connectivity index (χ0n) is 17.4. The Bertz CT molecular complexity index is 1040. The molecule has 2 aromatic rings. The summed E-state index contributed by atoms with van der Waals surface area (Å²) in [6.45, 7) is 5.04. The lowest BCUT2D eigenvalue weighted by Gasteiger charge is -2.33. The summed E-state index contributed by atoms with van der Waals surface area (Å²) in [5.74, 6) is -0.806. The van der Waals surface area contributed by atoms with E-state index in [-0.39, 0.29) is 17.1 Å². The number of carbonyl (C=O) groups excluding carboxylic acids is 1. The van der Waals surface area contributed by atoms with Gasteiger partial charge < -0.3 is 15.0 Å². The molecule has 0 aromatic heterocycles. The van der Waals surface area contributed by atoms with Crippen molar-refractivity contribution in [2.75, 3.05) is 38.0 Å². The highest BCUT2D eigenvalue weighted by molar-refractivity contribution is 7.89. The first-order chi connectivity index (χ1) is 15.1. The second kappa shape index (κ2) is 9.88. The lowest BCUT2D eigenvalue weighted by atomic mass is 10.1. The van der Waals surface area contributed by atoms with Gasteiger partial charge in [-0.3, -0.25) is 4.79 Å². The highest BCUT2D eigenvalue weighted by Crippen LogP contribution is 2.24. The van der Waals surface area contributed by atoms with E-state index in [0.717, 1.165) is 18.7 Å². The number of piperazine rings is 1. The summed E-state index contributed by atoms with van der Waals surface area (Å²) in [5, 5.41) is 2.63. The first kappa shape index (κ1) is 24.0. The average molecular weight is 472 g/mol. The van der Waals surface area contributed by atoms with Crippen molar-refractivity contribution in [1.29, 1.82) is 0 Å². The van der Waals surface area contributed by atoms with Gasteiger partial charge in [0.2, 0.25) is 15.9 Å². The number of nitrogens with zero attached hydrogens (tertiary/aromatic N) is 2. The van der Waals surface area contributed by atoms with Crippen LogP contribution in [0.2, 0.25) is 0 Å². The summed E-state index contributed by atoms with van der Waals surface area (Å²) < 4.78 is 67.8. The molecule has 0 bridgehead atoms. The molecule has 0 unspecified atom stereocenters. The number of halogens is 3. The first-order valence-electron chi connectivity index (χ1n) is 10.0. The predicted molar refractivity (Wildman–Crippen MR) is 113 cm³/mol. The van der Waals surface area contributed by atoms with E-state index in [0.29, 0.717) is 37.4 Å². The van der Waals surface area contributed by atoms with E-state index in [4.69, 9.17) is 0 Å². The Labute approximate surface area is 184 Å². The quantitative estimate of drug-likeness (QED) is 0.672. The van der Waals surface area contributed by atoms with E-state index in [2.05, 4.69) is 15.0 Å². The minimum absolute atomic E-state index is 0.0916. The van der Waals surface area contributed by atoms with Gasteiger partial charge in [0, 0.05) is 31.9 Å². The highest BCUT2D eigenvalue weighted by Gasteiger charge is 2.31. The molecule has 1 aliphatic heterocycles. The number of nitrogens with one attached hydrogen (secondary N) is 1. The van der Waals surface area contributed by atoms with Gasteiger partial charge in [-0.05, 0) is 42.4 Å². The average Bonchev–Trinajstić information content (AvgIpc) is 2.74. The molecule has 0 atom stereocenters. The van der Waals surface area contributed by atoms with Crippen LogP contribution in [0.25, 0.3) is 0 Å². The molecule has 7 nitrogen and oxygen atoms in total. The summed E-state index contributed by atoms with van der Waals surface area (Å²) >= 11 is 0. The Kier molecular flexibility index (Phi) is 7.42. The van der Waals surface area contributed by atoms with E-state index in [1.54, 1.807) is 12.1 Å². The number of anilines is 1. The fourth-order valence-electron chi connectivity index (χ4n) is 3.37. The Morgan fingerprint density at radius 3 is 2.31 bits per heavy atom. The predicted octanol–water partition coefficient (Wildman–Crippen LogP) is 3.09.